The minimum atomic E-state index is -0.539. The zero-order valence-electron chi connectivity index (χ0n) is 29.4. The van der Waals surface area contributed by atoms with Gasteiger partial charge in [-0.05, 0) is 92.5 Å². The molecule has 0 aliphatic carbocycles. The van der Waals surface area contributed by atoms with Gasteiger partial charge in [-0.1, -0.05) is 97.2 Å². The van der Waals surface area contributed by atoms with Gasteiger partial charge in [-0.15, -0.1) is 0 Å². The van der Waals surface area contributed by atoms with Crippen LogP contribution < -0.4 is 20.1 Å². The summed E-state index contributed by atoms with van der Waals surface area (Å²) in [6.07, 6.45) is 9.83. The van der Waals surface area contributed by atoms with Crippen molar-refractivity contribution < 1.29 is 19.7 Å². The van der Waals surface area contributed by atoms with Crippen LogP contribution in [0.3, 0.4) is 0 Å². The van der Waals surface area contributed by atoms with E-state index in [1.807, 2.05) is 60.7 Å². The first-order valence-corrected chi connectivity index (χ1v) is 17.4. The predicted octanol–water partition coefficient (Wildman–Crippen LogP) is 7.69. The lowest BCUT2D eigenvalue weighted by Gasteiger charge is -2.37. The van der Waals surface area contributed by atoms with Crippen molar-refractivity contribution in [3.05, 3.63) is 67.1 Å². The molecule has 0 spiro atoms. The van der Waals surface area contributed by atoms with Gasteiger partial charge in [0.05, 0.1) is 0 Å². The van der Waals surface area contributed by atoms with Crippen molar-refractivity contribution in [3.8, 4) is 11.5 Å². The SMILES string of the molecule is CC([CH]C(C)(C)CCCCCCNCC(O)COc1ccccc1)CC(CC(C)NCC(O)COc1ccccc1)C(C)(C)C. The fraction of sp³-hybridized carbons (Fsp3) is 0.667. The molecule has 6 nitrogen and oxygen atoms in total. The Morgan fingerprint density at radius 2 is 1.24 bits per heavy atom. The van der Waals surface area contributed by atoms with Crippen LogP contribution in [0.1, 0.15) is 93.4 Å². The van der Waals surface area contributed by atoms with E-state index in [1.165, 1.54) is 32.1 Å². The first kappa shape index (κ1) is 39.1. The van der Waals surface area contributed by atoms with Gasteiger partial charge in [0.15, 0.2) is 0 Å². The van der Waals surface area contributed by atoms with E-state index in [9.17, 15) is 10.2 Å². The second-order valence-electron chi connectivity index (χ2n) is 14.9. The van der Waals surface area contributed by atoms with Gasteiger partial charge in [0.2, 0.25) is 0 Å². The van der Waals surface area contributed by atoms with Crippen molar-refractivity contribution >= 4 is 0 Å². The van der Waals surface area contributed by atoms with Crippen molar-refractivity contribution in [2.45, 2.75) is 112 Å². The molecule has 5 unspecified atom stereocenters. The standard InChI is InChI=1S/C39H65N2O4/c1-31(24-33(38(3,4)5)25-32(2)41-28-35(43)30-45-37-20-14-11-15-21-37)26-39(6,7)22-16-8-9-17-23-40-27-34(42)29-44-36-18-12-10-13-19-36/h10-15,18-21,26,31-35,40-43H,8-9,16-17,22-25,27-30H2,1-7H3. The van der Waals surface area contributed by atoms with Crippen LogP contribution in [-0.4, -0.2) is 61.3 Å². The summed E-state index contributed by atoms with van der Waals surface area (Å²) >= 11 is 0. The van der Waals surface area contributed by atoms with Crippen LogP contribution in [0.2, 0.25) is 0 Å². The summed E-state index contributed by atoms with van der Waals surface area (Å²) in [4.78, 5) is 0. The summed E-state index contributed by atoms with van der Waals surface area (Å²) in [5.41, 5.74) is 0.436. The topological polar surface area (TPSA) is 83.0 Å². The monoisotopic (exact) mass is 625 g/mol. The number of benzene rings is 2. The average Bonchev–Trinajstić information content (AvgIpc) is 2.99. The molecular formula is C39H65N2O4. The summed E-state index contributed by atoms with van der Waals surface area (Å²) in [6.45, 7) is 19.1. The first-order chi connectivity index (χ1) is 21.3. The summed E-state index contributed by atoms with van der Waals surface area (Å²) < 4.78 is 11.3. The van der Waals surface area contributed by atoms with E-state index in [0.717, 1.165) is 30.9 Å². The predicted molar refractivity (Wildman–Crippen MR) is 189 cm³/mol. The largest absolute Gasteiger partial charge is 0.491 e. The molecule has 6 heteroatoms. The highest BCUT2D eigenvalue weighted by Gasteiger charge is 2.30. The average molecular weight is 626 g/mol. The lowest BCUT2D eigenvalue weighted by Crippen LogP contribution is -2.39. The Morgan fingerprint density at radius 3 is 1.80 bits per heavy atom. The zero-order valence-corrected chi connectivity index (χ0v) is 29.4. The van der Waals surface area contributed by atoms with Crippen molar-refractivity contribution in [1.82, 2.24) is 10.6 Å². The van der Waals surface area contributed by atoms with Gasteiger partial charge in [0.1, 0.15) is 36.9 Å². The Labute approximate surface area is 275 Å². The Bertz CT molecular complexity index is 995. The molecule has 0 saturated carbocycles. The quantitative estimate of drug-likeness (QED) is 0.0896. The summed E-state index contributed by atoms with van der Waals surface area (Å²) in [7, 11) is 0. The van der Waals surface area contributed by atoms with Gasteiger partial charge in [-0.3, -0.25) is 0 Å². The summed E-state index contributed by atoms with van der Waals surface area (Å²) in [5, 5.41) is 27.5. The van der Waals surface area contributed by atoms with Crippen LogP contribution in [0.4, 0.5) is 0 Å². The molecule has 0 heterocycles. The number of ether oxygens (including phenoxy) is 2. The smallest absolute Gasteiger partial charge is 0.119 e. The number of hydrogen-bond donors (Lipinski definition) is 4. The molecule has 45 heavy (non-hydrogen) atoms. The molecule has 2 aromatic carbocycles. The van der Waals surface area contributed by atoms with Crippen LogP contribution in [0.15, 0.2) is 60.7 Å². The van der Waals surface area contributed by atoms with Crippen molar-refractivity contribution in [3.63, 3.8) is 0 Å². The van der Waals surface area contributed by atoms with E-state index < -0.39 is 12.2 Å². The maximum Gasteiger partial charge on any atom is 0.119 e. The van der Waals surface area contributed by atoms with Gasteiger partial charge < -0.3 is 30.3 Å². The van der Waals surface area contributed by atoms with Gasteiger partial charge in [-0.2, -0.15) is 0 Å². The molecule has 0 fully saturated rings. The summed E-state index contributed by atoms with van der Waals surface area (Å²) in [6, 6.07) is 19.6. The van der Waals surface area contributed by atoms with E-state index in [-0.39, 0.29) is 10.8 Å². The Morgan fingerprint density at radius 1 is 0.711 bits per heavy atom. The fourth-order valence-electron chi connectivity index (χ4n) is 6.01. The minimum Gasteiger partial charge on any atom is -0.491 e. The normalized spacial score (nSPS) is 15.7. The Balaban J connectivity index is 1.59. The van der Waals surface area contributed by atoms with Crippen molar-refractivity contribution in [2.75, 3.05) is 32.8 Å². The lowest BCUT2D eigenvalue weighted by atomic mass is 9.70. The van der Waals surface area contributed by atoms with Crippen molar-refractivity contribution in [1.29, 1.82) is 0 Å². The molecule has 0 saturated heterocycles. The van der Waals surface area contributed by atoms with Crippen LogP contribution >= 0.6 is 0 Å². The first-order valence-electron chi connectivity index (χ1n) is 17.4. The number of aliphatic hydroxyl groups excluding tert-OH is 2. The molecule has 0 bridgehead atoms. The third-order valence-corrected chi connectivity index (χ3v) is 8.63. The van der Waals surface area contributed by atoms with Gasteiger partial charge in [0, 0.05) is 19.1 Å². The van der Waals surface area contributed by atoms with Gasteiger partial charge >= 0.3 is 0 Å². The van der Waals surface area contributed by atoms with Crippen LogP contribution in [0.25, 0.3) is 0 Å². The van der Waals surface area contributed by atoms with E-state index >= 15 is 0 Å². The molecule has 0 amide bonds. The lowest BCUT2D eigenvalue weighted by molar-refractivity contribution is 0.100. The molecule has 255 valence electrons. The van der Waals surface area contributed by atoms with Crippen LogP contribution in [0.5, 0.6) is 11.5 Å². The molecular weight excluding hydrogens is 560 g/mol. The highest BCUT2D eigenvalue weighted by Crippen LogP contribution is 2.39. The maximum absolute atomic E-state index is 10.4. The van der Waals surface area contributed by atoms with Crippen LogP contribution in [-0.2, 0) is 0 Å². The number of nitrogens with one attached hydrogen (secondary N) is 2. The molecule has 4 N–H and O–H groups in total. The number of aliphatic hydroxyl groups is 2. The molecule has 1 radical (unpaired) electrons. The second kappa shape index (κ2) is 20.9. The number of para-hydroxylation sites is 2. The number of hydrogen-bond acceptors (Lipinski definition) is 6. The number of rotatable bonds is 24. The van der Waals surface area contributed by atoms with Gasteiger partial charge in [-0.25, -0.2) is 0 Å². The van der Waals surface area contributed by atoms with E-state index in [0.29, 0.717) is 44.2 Å². The summed E-state index contributed by atoms with van der Waals surface area (Å²) in [5.74, 6) is 2.70. The molecule has 0 aliphatic heterocycles. The Kier molecular flexibility index (Phi) is 18.1. The van der Waals surface area contributed by atoms with Gasteiger partial charge in [0.25, 0.3) is 0 Å². The molecule has 0 aromatic heterocycles. The maximum atomic E-state index is 10.4. The molecule has 2 aromatic rings. The highest BCUT2D eigenvalue weighted by molar-refractivity contribution is 5.21. The zero-order chi connectivity index (χ0) is 33.1. The molecule has 5 atom stereocenters. The highest BCUT2D eigenvalue weighted by atomic mass is 16.5. The molecule has 2 rings (SSSR count). The van der Waals surface area contributed by atoms with Crippen LogP contribution in [0, 0.1) is 29.1 Å². The molecule has 0 aliphatic rings. The van der Waals surface area contributed by atoms with Crippen molar-refractivity contribution in [2.24, 2.45) is 22.7 Å². The Hall–Kier alpha value is -2.12. The third-order valence-electron chi connectivity index (χ3n) is 8.63. The third kappa shape index (κ3) is 18.6. The van der Waals surface area contributed by atoms with E-state index in [1.54, 1.807) is 0 Å². The minimum absolute atomic E-state index is 0.218. The van der Waals surface area contributed by atoms with E-state index in [4.69, 9.17) is 9.47 Å². The second-order valence-corrected chi connectivity index (χ2v) is 14.9. The van der Waals surface area contributed by atoms with E-state index in [2.05, 4.69) is 65.5 Å². The number of unbranched alkanes of at least 4 members (excludes halogenated alkanes) is 3. The fourth-order valence-corrected chi connectivity index (χ4v) is 6.01.